The SMILES string of the molecule is Cc1ccc(CNCCn2ccc(C(F)(F)F)n2)s1. The normalized spacial score (nSPS) is 12.0. The number of nitrogens with zero attached hydrogens (tertiary/aromatic N) is 2. The minimum Gasteiger partial charge on any atom is -0.310 e. The largest absolute Gasteiger partial charge is 0.435 e. The molecule has 0 fully saturated rings. The molecule has 2 aromatic heterocycles. The fourth-order valence-electron chi connectivity index (χ4n) is 1.62. The number of aryl methyl sites for hydroxylation is 1. The van der Waals surface area contributed by atoms with Gasteiger partial charge in [-0.3, -0.25) is 4.68 Å². The van der Waals surface area contributed by atoms with Crippen LogP contribution in [-0.2, 0) is 19.3 Å². The van der Waals surface area contributed by atoms with Crippen molar-refractivity contribution >= 4 is 11.3 Å². The molecule has 2 aromatic rings. The first-order valence-corrected chi connectivity index (χ1v) is 6.63. The van der Waals surface area contributed by atoms with Crippen molar-refractivity contribution in [2.75, 3.05) is 6.54 Å². The van der Waals surface area contributed by atoms with E-state index in [0.29, 0.717) is 13.1 Å². The van der Waals surface area contributed by atoms with Crippen LogP contribution in [0.3, 0.4) is 0 Å². The lowest BCUT2D eigenvalue weighted by Crippen LogP contribution is -2.19. The first-order chi connectivity index (χ1) is 8.95. The molecule has 0 amide bonds. The molecule has 0 aromatic carbocycles. The monoisotopic (exact) mass is 289 g/mol. The maximum absolute atomic E-state index is 12.3. The van der Waals surface area contributed by atoms with E-state index in [1.54, 1.807) is 11.3 Å². The van der Waals surface area contributed by atoms with E-state index in [0.717, 1.165) is 12.6 Å². The average molecular weight is 289 g/mol. The second-order valence-corrected chi connectivity index (χ2v) is 5.52. The Morgan fingerprint density at radius 3 is 2.68 bits per heavy atom. The summed E-state index contributed by atoms with van der Waals surface area (Å²) in [7, 11) is 0. The van der Waals surface area contributed by atoms with Crippen LogP contribution in [0.15, 0.2) is 24.4 Å². The minimum absolute atomic E-state index is 0.417. The molecular weight excluding hydrogens is 275 g/mol. The molecule has 0 radical (unpaired) electrons. The van der Waals surface area contributed by atoms with Crippen LogP contribution in [0.4, 0.5) is 13.2 Å². The molecule has 1 N–H and O–H groups in total. The number of alkyl halides is 3. The highest BCUT2D eigenvalue weighted by atomic mass is 32.1. The van der Waals surface area contributed by atoms with Gasteiger partial charge in [0, 0.05) is 29.0 Å². The third-order valence-electron chi connectivity index (χ3n) is 2.54. The molecule has 0 atom stereocenters. The number of aromatic nitrogens is 2. The molecule has 104 valence electrons. The van der Waals surface area contributed by atoms with Gasteiger partial charge in [-0.2, -0.15) is 18.3 Å². The molecule has 0 unspecified atom stereocenters. The van der Waals surface area contributed by atoms with Crippen LogP contribution in [0.5, 0.6) is 0 Å². The number of hydrogen-bond acceptors (Lipinski definition) is 3. The van der Waals surface area contributed by atoms with Crippen LogP contribution in [0.1, 0.15) is 15.4 Å². The van der Waals surface area contributed by atoms with Crippen molar-refractivity contribution in [3.8, 4) is 0 Å². The van der Waals surface area contributed by atoms with Crippen LogP contribution in [0, 0.1) is 6.92 Å². The maximum atomic E-state index is 12.3. The van der Waals surface area contributed by atoms with Gasteiger partial charge in [0.2, 0.25) is 0 Å². The van der Waals surface area contributed by atoms with Gasteiger partial charge in [-0.25, -0.2) is 0 Å². The van der Waals surface area contributed by atoms with E-state index in [2.05, 4.69) is 10.4 Å². The van der Waals surface area contributed by atoms with Gasteiger partial charge >= 0.3 is 6.18 Å². The zero-order chi connectivity index (χ0) is 13.9. The Kier molecular flexibility index (Phi) is 4.26. The van der Waals surface area contributed by atoms with E-state index < -0.39 is 11.9 Å². The van der Waals surface area contributed by atoms with E-state index in [1.165, 1.54) is 20.6 Å². The summed E-state index contributed by atoms with van der Waals surface area (Å²) in [6.07, 6.45) is -3.02. The Morgan fingerprint density at radius 2 is 2.11 bits per heavy atom. The van der Waals surface area contributed by atoms with E-state index in [4.69, 9.17) is 0 Å². The van der Waals surface area contributed by atoms with Crippen LogP contribution in [0.25, 0.3) is 0 Å². The lowest BCUT2D eigenvalue weighted by Gasteiger charge is -2.04. The highest BCUT2D eigenvalue weighted by Crippen LogP contribution is 2.27. The van der Waals surface area contributed by atoms with Crippen LogP contribution < -0.4 is 5.32 Å². The minimum atomic E-state index is -4.37. The summed E-state index contributed by atoms with van der Waals surface area (Å²) < 4.78 is 38.3. The van der Waals surface area contributed by atoms with Gasteiger partial charge in [0.25, 0.3) is 0 Å². The molecule has 3 nitrogen and oxygen atoms in total. The third-order valence-corrected chi connectivity index (χ3v) is 3.54. The van der Waals surface area contributed by atoms with Gasteiger partial charge in [-0.15, -0.1) is 11.3 Å². The number of thiophene rings is 1. The smallest absolute Gasteiger partial charge is 0.310 e. The quantitative estimate of drug-likeness (QED) is 0.857. The van der Waals surface area contributed by atoms with Crippen molar-refractivity contribution in [2.45, 2.75) is 26.2 Å². The Morgan fingerprint density at radius 1 is 1.32 bits per heavy atom. The fourth-order valence-corrected chi connectivity index (χ4v) is 2.48. The van der Waals surface area contributed by atoms with Gasteiger partial charge in [-0.1, -0.05) is 0 Å². The molecule has 0 aliphatic heterocycles. The first-order valence-electron chi connectivity index (χ1n) is 5.82. The Hall–Kier alpha value is -1.34. The predicted octanol–water partition coefficient (Wildman–Crippen LogP) is 3.06. The molecular formula is C12H14F3N3S. The summed E-state index contributed by atoms with van der Waals surface area (Å²) in [4.78, 5) is 2.47. The van der Waals surface area contributed by atoms with Crippen molar-refractivity contribution in [1.82, 2.24) is 15.1 Å². The van der Waals surface area contributed by atoms with E-state index in [1.807, 2.05) is 19.1 Å². The number of nitrogens with one attached hydrogen (secondary N) is 1. The van der Waals surface area contributed by atoms with Gasteiger partial charge in [0.15, 0.2) is 5.69 Å². The van der Waals surface area contributed by atoms with Gasteiger partial charge in [-0.05, 0) is 25.1 Å². The average Bonchev–Trinajstić information content (AvgIpc) is 2.93. The molecule has 2 heterocycles. The zero-order valence-electron chi connectivity index (χ0n) is 10.4. The summed E-state index contributed by atoms with van der Waals surface area (Å²) >= 11 is 1.71. The zero-order valence-corrected chi connectivity index (χ0v) is 11.2. The van der Waals surface area contributed by atoms with Crippen LogP contribution >= 0.6 is 11.3 Å². The molecule has 0 aliphatic carbocycles. The van der Waals surface area contributed by atoms with Crippen molar-refractivity contribution in [3.63, 3.8) is 0 Å². The highest BCUT2D eigenvalue weighted by molar-refractivity contribution is 7.11. The van der Waals surface area contributed by atoms with E-state index >= 15 is 0 Å². The molecule has 0 spiro atoms. The Bertz CT molecular complexity index is 530. The van der Waals surface area contributed by atoms with Gasteiger partial charge in [0.05, 0.1) is 6.54 Å². The Labute approximate surface area is 113 Å². The molecule has 19 heavy (non-hydrogen) atoms. The standard InChI is InChI=1S/C12H14F3N3S/c1-9-2-3-10(19-9)8-16-5-7-18-6-4-11(17-18)12(13,14)15/h2-4,6,16H,5,7-8H2,1H3. The summed E-state index contributed by atoms with van der Waals surface area (Å²) in [6.45, 7) is 3.76. The molecule has 2 rings (SSSR count). The van der Waals surface area contributed by atoms with Crippen molar-refractivity contribution in [3.05, 3.63) is 39.8 Å². The van der Waals surface area contributed by atoms with Crippen molar-refractivity contribution in [1.29, 1.82) is 0 Å². The molecule has 7 heteroatoms. The van der Waals surface area contributed by atoms with E-state index in [-0.39, 0.29) is 0 Å². The van der Waals surface area contributed by atoms with Gasteiger partial charge < -0.3 is 5.32 Å². The second-order valence-electron chi connectivity index (χ2n) is 4.15. The number of rotatable bonds is 5. The molecule has 0 bridgehead atoms. The van der Waals surface area contributed by atoms with Crippen molar-refractivity contribution < 1.29 is 13.2 Å². The summed E-state index contributed by atoms with van der Waals surface area (Å²) in [5.41, 5.74) is -0.846. The number of halogens is 3. The summed E-state index contributed by atoms with van der Waals surface area (Å²) in [5.74, 6) is 0. The lowest BCUT2D eigenvalue weighted by atomic mass is 10.4. The van der Waals surface area contributed by atoms with Crippen LogP contribution in [-0.4, -0.2) is 16.3 Å². The lowest BCUT2D eigenvalue weighted by molar-refractivity contribution is -0.141. The van der Waals surface area contributed by atoms with Gasteiger partial charge in [0.1, 0.15) is 0 Å². The fraction of sp³-hybridized carbons (Fsp3) is 0.417. The summed E-state index contributed by atoms with van der Waals surface area (Å²) in [6, 6.07) is 5.08. The maximum Gasteiger partial charge on any atom is 0.435 e. The molecule has 0 aliphatic rings. The third kappa shape index (κ3) is 4.07. The predicted molar refractivity (Wildman–Crippen MR) is 68.0 cm³/mol. The highest BCUT2D eigenvalue weighted by Gasteiger charge is 2.33. The van der Waals surface area contributed by atoms with Crippen molar-refractivity contribution in [2.24, 2.45) is 0 Å². The molecule has 0 saturated carbocycles. The summed E-state index contributed by atoms with van der Waals surface area (Å²) in [5, 5.41) is 6.66. The van der Waals surface area contributed by atoms with Crippen LogP contribution in [0.2, 0.25) is 0 Å². The number of hydrogen-bond donors (Lipinski definition) is 1. The second kappa shape index (κ2) is 5.75. The topological polar surface area (TPSA) is 29.9 Å². The Balaban J connectivity index is 1.75. The first kappa shape index (κ1) is 14.1. The molecule has 0 saturated heterocycles. The van der Waals surface area contributed by atoms with E-state index in [9.17, 15) is 13.2 Å².